The number of esters is 2. The third-order valence-corrected chi connectivity index (χ3v) is 5.74. The summed E-state index contributed by atoms with van der Waals surface area (Å²) in [5.74, 6) is -3.66. The van der Waals surface area contributed by atoms with Gasteiger partial charge in [0.05, 0.1) is 25.6 Å². The van der Waals surface area contributed by atoms with Crippen LogP contribution in [0.1, 0.15) is 37.3 Å². The van der Waals surface area contributed by atoms with Gasteiger partial charge in [0.15, 0.2) is 0 Å². The van der Waals surface area contributed by atoms with E-state index >= 15 is 0 Å². The van der Waals surface area contributed by atoms with Crippen LogP contribution in [0.2, 0.25) is 0 Å². The van der Waals surface area contributed by atoms with Gasteiger partial charge in [0.1, 0.15) is 18.7 Å². The summed E-state index contributed by atoms with van der Waals surface area (Å²) in [7, 11) is 2.28. The summed E-state index contributed by atoms with van der Waals surface area (Å²) in [6, 6.07) is 11.7. The zero-order valence-corrected chi connectivity index (χ0v) is 21.5. The number of nitrogens with zero attached hydrogens (tertiary/aromatic N) is 1. The third kappa shape index (κ3) is 8.57. The fourth-order valence-electron chi connectivity index (χ4n) is 3.65. The Bertz CT molecular complexity index is 1120. The Hall–Kier alpha value is -4.48. The molecule has 0 aliphatic rings. The standard InChI is InChI=1S/C26H31N3O9/c1-16(2)22(28-26(33)38-15-17-8-6-5-7-9-17)24(31)27-23(25(32)37-4)20(14-21(30)36-3)18-10-12-19(13-11-18)29(34)35/h5-13,16,20,22-23H,14-15H2,1-4H3,(H,27,31)(H,28,33)/t20-,22+,23-/m0/s1. The van der Waals surface area contributed by atoms with Crippen LogP contribution >= 0.6 is 0 Å². The molecule has 0 fully saturated rings. The van der Waals surface area contributed by atoms with Crippen LogP contribution < -0.4 is 10.6 Å². The van der Waals surface area contributed by atoms with Crippen molar-refractivity contribution in [2.24, 2.45) is 5.92 Å². The maximum absolute atomic E-state index is 13.3. The molecule has 204 valence electrons. The number of amides is 2. The fourth-order valence-corrected chi connectivity index (χ4v) is 3.65. The van der Waals surface area contributed by atoms with Crippen molar-refractivity contribution in [2.75, 3.05) is 14.2 Å². The van der Waals surface area contributed by atoms with Gasteiger partial charge in [0.2, 0.25) is 5.91 Å². The second kappa shape index (κ2) is 14.3. The number of methoxy groups -OCH3 is 2. The average molecular weight is 530 g/mol. The SMILES string of the molecule is COC(=O)C[C@@H](c1ccc([N+](=O)[O-])cc1)[C@H](NC(=O)[C@H](NC(=O)OCc1ccccc1)C(C)C)C(=O)OC. The number of rotatable bonds is 12. The van der Waals surface area contributed by atoms with Gasteiger partial charge in [-0.05, 0) is 17.0 Å². The van der Waals surface area contributed by atoms with E-state index in [2.05, 4.69) is 10.6 Å². The molecule has 2 amide bonds. The minimum absolute atomic E-state index is 0.00869. The highest BCUT2D eigenvalue weighted by atomic mass is 16.6. The van der Waals surface area contributed by atoms with E-state index in [1.54, 1.807) is 38.1 Å². The number of alkyl carbamates (subject to hydrolysis) is 1. The van der Waals surface area contributed by atoms with Gasteiger partial charge >= 0.3 is 18.0 Å². The van der Waals surface area contributed by atoms with Crippen molar-refractivity contribution in [3.05, 3.63) is 75.8 Å². The lowest BCUT2D eigenvalue weighted by Gasteiger charge is -2.29. The van der Waals surface area contributed by atoms with Gasteiger partial charge in [-0.15, -0.1) is 0 Å². The molecule has 0 aliphatic carbocycles. The summed E-state index contributed by atoms with van der Waals surface area (Å²) in [6.45, 7) is 3.37. The van der Waals surface area contributed by atoms with Crippen LogP contribution in [0.25, 0.3) is 0 Å². The second-order valence-corrected chi connectivity index (χ2v) is 8.67. The first-order chi connectivity index (χ1) is 18.1. The highest BCUT2D eigenvalue weighted by Crippen LogP contribution is 2.27. The van der Waals surface area contributed by atoms with E-state index in [0.29, 0.717) is 5.56 Å². The normalized spacial score (nSPS) is 13.0. The first kappa shape index (κ1) is 29.7. The molecule has 2 aromatic carbocycles. The average Bonchev–Trinajstić information content (AvgIpc) is 2.92. The number of nitrogens with one attached hydrogen (secondary N) is 2. The van der Waals surface area contributed by atoms with Crippen molar-refractivity contribution in [3.63, 3.8) is 0 Å². The van der Waals surface area contributed by atoms with E-state index < -0.39 is 52.8 Å². The largest absolute Gasteiger partial charge is 0.469 e. The first-order valence-corrected chi connectivity index (χ1v) is 11.7. The van der Waals surface area contributed by atoms with E-state index in [0.717, 1.165) is 12.7 Å². The van der Waals surface area contributed by atoms with E-state index in [-0.39, 0.29) is 18.7 Å². The molecule has 2 rings (SSSR count). The third-order valence-electron chi connectivity index (χ3n) is 5.74. The predicted octanol–water partition coefficient (Wildman–Crippen LogP) is 2.85. The number of benzene rings is 2. The lowest BCUT2D eigenvalue weighted by atomic mass is 9.87. The number of ether oxygens (including phenoxy) is 3. The Labute approximate surface area is 219 Å². The quantitative estimate of drug-likeness (QED) is 0.182. The molecule has 0 saturated heterocycles. The number of carbonyl (C=O) groups excluding carboxylic acids is 4. The van der Waals surface area contributed by atoms with Crippen molar-refractivity contribution in [1.29, 1.82) is 0 Å². The Balaban J connectivity index is 2.26. The van der Waals surface area contributed by atoms with Gasteiger partial charge in [-0.1, -0.05) is 56.3 Å². The van der Waals surface area contributed by atoms with Crippen molar-refractivity contribution in [3.8, 4) is 0 Å². The summed E-state index contributed by atoms with van der Waals surface area (Å²) >= 11 is 0. The van der Waals surface area contributed by atoms with Crippen molar-refractivity contribution in [2.45, 2.75) is 44.9 Å². The van der Waals surface area contributed by atoms with Crippen LogP contribution in [-0.4, -0.2) is 55.2 Å². The van der Waals surface area contributed by atoms with Crippen molar-refractivity contribution in [1.82, 2.24) is 10.6 Å². The Morgan fingerprint density at radius 1 is 0.895 bits per heavy atom. The van der Waals surface area contributed by atoms with Crippen molar-refractivity contribution >= 4 is 29.6 Å². The van der Waals surface area contributed by atoms with Gasteiger partial charge in [-0.2, -0.15) is 0 Å². The molecule has 2 N–H and O–H groups in total. The highest BCUT2D eigenvalue weighted by molar-refractivity contribution is 5.90. The van der Waals surface area contributed by atoms with Crippen LogP contribution in [-0.2, 0) is 35.2 Å². The summed E-state index contributed by atoms with van der Waals surface area (Å²) in [5.41, 5.74) is 0.919. The zero-order valence-electron chi connectivity index (χ0n) is 21.5. The Morgan fingerprint density at radius 2 is 1.53 bits per heavy atom. The molecule has 38 heavy (non-hydrogen) atoms. The molecule has 0 saturated carbocycles. The van der Waals surface area contributed by atoms with Gasteiger partial charge in [-0.3, -0.25) is 19.7 Å². The number of non-ortho nitro benzene ring substituents is 1. The van der Waals surface area contributed by atoms with Gasteiger partial charge < -0.3 is 24.8 Å². The highest BCUT2D eigenvalue weighted by Gasteiger charge is 2.37. The smallest absolute Gasteiger partial charge is 0.408 e. The summed E-state index contributed by atoms with van der Waals surface area (Å²) in [6.07, 6.45) is -1.17. The lowest BCUT2D eigenvalue weighted by Crippen LogP contribution is -2.55. The molecule has 2 aromatic rings. The van der Waals surface area contributed by atoms with Gasteiger partial charge in [0, 0.05) is 18.1 Å². The van der Waals surface area contributed by atoms with Crippen LogP contribution in [0.3, 0.4) is 0 Å². The molecule has 3 atom stereocenters. The molecule has 12 heteroatoms. The molecule has 0 aliphatic heterocycles. The molecule has 0 radical (unpaired) electrons. The molecule has 0 bridgehead atoms. The minimum atomic E-state index is -1.38. The number of nitro benzene ring substituents is 1. The second-order valence-electron chi connectivity index (χ2n) is 8.67. The lowest BCUT2D eigenvalue weighted by molar-refractivity contribution is -0.384. The molecular weight excluding hydrogens is 498 g/mol. The molecule has 0 unspecified atom stereocenters. The Morgan fingerprint density at radius 3 is 2.05 bits per heavy atom. The first-order valence-electron chi connectivity index (χ1n) is 11.7. The summed E-state index contributed by atoms with van der Waals surface area (Å²) in [4.78, 5) is 61.1. The summed E-state index contributed by atoms with van der Waals surface area (Å²) in [5, 5.41) is 16.1. The number of carbonyl (C=O) groups is 4. The van der Waals surface area contributed by atoms with E-state index in [1.807, 2.05) is 6.07 Å². The zero-order chi connectivity index (χ0) is 28.2. The molecule has 0 aromatic heterocycles. The number of hydrogen-bond acceptors (Lipinski definition) is 9. The van der Waals surface area contributed by atoms with Crippen LogP contribution in [0, 0.1) is 16.0 Å². The summed E-state index contributed by atoms with van der Waals surface area (Å²) < 4.78 is 14.8. The topological polar surface area (TPSA) is 163 Å². The van der Waals surface area contributed by atoms with E-state index in [1.165, 1.54) is 31.4 Å². The van der Waals surface area contributed by atoms with Crippen LogP contribution in [0.5, 0.6) is 0 Å². The molecule has 0 spiro atoms. The molecule has 12 nitrogen and oxygen atoms in total. The van der Waals surface area contributed by atoms with Crippen molar-refractivity contribution < 1.29 is 38.3 Å². The Kier molecular flexibility index (Phi) is 11.2. The number of nitro groups is 1. The van der Waals surface area contributed by atoms with E-state index in [4.69, 9.17) is 14.2 Å². The maximum atomic E-state index is 13.3. The van der Waals surface area contributed by atoms with Gasteiger partial charge in [0.25, 0.3) is 5.69 Å². The molecular formula is C26H31N3O9. The van der Waals surface area contributed by atoms with Crippen LogP contribution in [0.15, 0.2) is 54.6 Å². The number of hydrogen-bond donors (Lipinski definition) is 2. The molecule has 0 heterocycles. The van der Waals surface area contributed by atoms with Crippen LogP contribution in [0.4, 0.5) is 10.5 Å². The monoisotopic (exact) mass is 529 g/mol. The maximum Gasteiger partial charge on any atom is 0.408 e. The van der Waals surface area contributed by atoms with E-state index in [9.17, 15) is 29.3 Å². The fraction of sp³-hybridized carbons (Fsp3) is 0.385. The minimum Gasteiger partial charge on any atom is -0.469 e. The predicted molar refractivity (Wildman–Crippen MR) is 135 cm³/mol. The van der Waals surface area contributed by atoms with Gasteiger partial charge in [-0.25, -0.2) is 9.59 Å².